The molecular weight excluding hydrogens is 502 g/mol. The van der Waals surface area contributed by atoms with E-state index in [1.54, 1.807) is 66.7 Å². The Balaban J connectivity index is 1.50. The average Bonchev–Trinajstić information content (AvgIpc) is 3.00. The maximum atomic E-state index is 12.7. The van der Waals surface area contributed by atoms with E-state index >= 15 is 0 Å². The van der Waals surface area contributed by atoms with Crippen LogP contribution in [0.25, 0.3) is 0 Å². The van der Waals surface area contributed by atoms with Crippen LogP contribution in [-0.4, -0.2) is 22.8 Å². The SMILES string of the molecule is O=C(NC(=S)Nc1cccc(N2C(=O)c3ccccc3C2=O)c1)c1cc(Br)ccc1Cl. The highest BCUT2D eigenvalue weighted by atomic mass is 79.9. The van der Waals surface area contributed by atoms with Crippen LogP contribution in [0.5, 0.6) is 0 Å². The summed E-state index contributed by atoms with van der Waals surface area (Å²) in [5.74, 6) is -1.25. The number of fused-ring (bicyclic) bond motifs is 1. The number of nitrogens with zero attached hydrogens (tertiary/aromatic N) is 1. The van der Waals surface area contributed by atoms with E-state index < -0.39 is 17.7 Å². The molecule has 3 aromatic rings. The number of benzene rings is 3. The van der Waals surface area contributed by atoms with Crippen molar-refractivity contribution in [3.8, 4) is 0 Å². The van der Waals surface area contributed by atoms with Crippen molar-refractivity contribution >= 4 is 74.0 Å². The molecule has 0 aliphatic carbocycles. The number of amides is 3. The summed E-state index contributed by atoms with van der Waals surface area (Å²) in [5.41, 5.74) is 1.87. The third-order valence-corrected chi connectivity index (χ3v) is 5.58. The van der Waals surface area contributed by atoms with Gasteiger partial charge in [-0.2, -0.15) is 0 Å². The van der Waals surface area contributed by atoms with Gasteiger partial charge in [0.2, 0.25) is 0 Å². The maximum absolute atomic E-state index is 12.7. The van der Waals surface area contributed by atoms with E-state index in [1.807, 2.05) is 0 Å². The number of thiocarbonyl (C=S) groups is 1. The molecule has 3 aromatic carbocycles. The number of carbonyl (C=O) groups is 3. The van der Waals surface area contributed by atoms with Gasteiger partial charge in [-0.25, -0.2) is 4.90 Å². The highest BCUT2D eigenvalue weighted by molar-refractivity contribution is 9.10. The van der Waals surface area contributed by atoms with Gasteiger partial charge in [0.15, 0.2) is 5.11 Å². The van der Waals surface area contributed by atoms with Gasteiger partial charge in [-0.3, -0.25) is 19.7 Å². The molecule has 1 aliphatic rings. The second-order valence-corrected chi connectivity index (χ2v) is 8.31. The van der Waals surface area contributed by atoms with Gasteiger partial charge in [-0.1, -0.05) is 45.7 Å². The van der Waals surface area contributed by atoms with Crippen LogP contribution in [0.1, 0.15) is 31.1 Å². The number of imide groups is 1. The first-order chi connectivity index (χ1) is 14.8. The fourth-order valence-electron chi connectivity index (χ4n) is 3.15. The van der Waals surface area contributed by atoms with E-state index in [0.717, 1.165) is 4.90 Å². The Kier molecular flexibility index (Phi) is 5.86. The fraction of sp³-hybridized carbons (Fsp3) is 0. The van der Waals surface area contributed by atoms with Gasteiger partial charge < -0.3 is 5.32 Å². The molecule has 6 nitrogen and oxygen atoms in total. The van der Waals surface area contributed by atoms with E-state index in [0.29, 0.717) is 27.0 Å². The van der Waals surface area contributed by atoms with Crippen LogP contribution in [0.2, 0.25) is 5.02 Å². The molecule has 1 heterocycles. The van der Waals surface area contributed by atoms with Crippen LogP contribution in [0.4, 0.5) is 11.4 Å². The van der Waals surface area contributed by atoms with Crippen molar-refractivity contribution in [1.29, 1.82) is 0 Å². The van der Waals surface area contributed by atoms with E-state index in [4.69, 9.17) is 23.8 Å². The number of anilines is 2. The molecule has 3 amide bonds. The zero-order valence-electron chi connectivity index (χ0n) is 15.7. The van der Waals surface area contributed by atoms with Crippen LogP contribution in [-0.2, 0) is 0 Å². The zero-order valence-corrected chi connectivity index (χ0v) is 18.8. The smallest absolute Gasteiger partial charge is 0.266 e. The Morgan fingerprint density at radius 3 is 2.29 bits per heavy atom. The van der Waals surface area contributed by atoms with Gasteiger partial charge in [0.05, 0.1) is 27.4 Å². The summed E-state index contributed by atoms with van der Waals surface area (Å²) in [7, 11) is 0. The Labute approximate surface area is 196 Å². The lowest BCUT2D eigenvalue weighted by Gasteiger charge is -2.16. The molecule has 1 aliphatic heterocycles. The number of hydrogen-bond donors (Lipinski definition) is 2. The average molecular weight is 515 g/mol. The second-order valence-electron chi connectivity index (χ2n) is 6.57. The Bertz CT molecular complexity index is 1230. The quantitative estimate of drug-likeness (QED) is 0.379. The topological polar surface area (TPSA) is 78.5 Å². The Hall–Kier alpha value is -3.07. The third kappa shape index (κ3) is 4.23. The first-order valence-electron chi connectivity index (χ1n) is 9.00. The van der Waals surface area contributed by atoms with Crippen LogP contribution in [0.15, 0.2) is 71.2 Å². The lowest BCUT2D eigenvalue weighted by Crippen LogP contribution is -2.34. The van der Waals surface area contributed by atoms with Gasteiger partial charge in [0, 0.05) is 10.2 Å². The highest BCUT2D eigenvalue weighted by Crippen LogP contribution is 2.29. The van der Waals surface area contributed by atoms with Gasteiger partial charge in [0.1, 0.15) is 0 Å². The fourth-order valence-corrected chi connectivity index (χ4v) is 3.93. The van der Waals surface area contributed by atoms with E-state index in [-0.39, 0.29) is 15.7 Å². The summed E-state index contributed by atoms with van der Waals surface area (Å²) in [6.45, 7) is 0. The van der Waals surface area contributed by atoms with Crippen molar-refractivity contribution < 1.29 is 14.4 Å². The monoisotopic (exact) mass is 513 g/mol. The minimum atomic E-state index is -0.472. The molecule has 9 heteroatoms. The van der Waals surface area contributed by atoms with Crippen molar-refractivity contribution in [2.24, 2.45) is 0 Å². The van der Waals surface area contributed by atoms with Crippen molar-refractivity contribution in [2.45, 2.75) is 0 Å². The summed E-state index contributed by atoms with van der Waals surface area (Å²) in [5, 5.41) is 5.78. The van der Waals surface area contributed by atoms with E-state index in [9.17, 15) is 14.4 Å². The van der Waals surface area contributed by atoms with Gasteiger partial charge in [-0.05, 0) is 60.7 Å². The summed E-state index contributed by atoms with van der Waals surface area (Å²) in [4.78, 5) is 39.0. The van der Waals surface area contributed by atoms with Crippen LogP contribution >= 0.6 is 39.7 Å². The van der Waals surface area contributed by atoms with Gasteiger partial charge in [-0.15, -0.1) is 0 Å². The summed E-state index contributed by atoms with van der Waals surface area (Å²) in [6, 6.07) is 18.2. The molecule has 0 atom stereocenters. The van der Waals surface area contributed by atoms with Crippen LogP contribution < -0.4 is 15.5 Å². The summed E-state index contributed by atoms with van der Waals surface area (Å²) >= 11 is 14.6. The van der Waals surface area contributed by atoms with Crippen molar-refractivity contribution in [3.63, 3.8) is 0 Å². The van der Waals surface area contributed by atoms with Crippen molar-refractivity contribution in [2.75, 3.05) is 10.2 Å². The molecule has 0 saturated carbocycles. The van der Waals surface area contributed by atoms with E-state index in [1.165, 1.54) is 0 Å². The molecule has 2 N–H and O–H groups in total. The standard InChI is InChI=1S/C22H13BrClN3O3S/c23-12-8-9-18(24)17(10-12)19(28)26-22(31)25-13-4-3-5-14(11-13)27-20(29)15-6-1-2-7-16(15)21(27)30/h1-11H,(H2,25,26,28,31). The number of nitrogens with one attached hydrogen (secondary N) is 2. The maximum Gasteiger partial charge on any atom is 0.266 e. The first kappa shape index (κ1) is 21.2. The second kappa shape index (κ2) is 8.58. The zero-order chi connectivity index (χ0) is 22.1. The Morgan fingerprint density at radius 2 is 1.61 bits per heavy atom. The largest absolute Gasteiger partial charge is 0.332 e. The first-order valence-corrected chi connectivity index (χ1v) is 10.6. The molecule has 0 fully saturated rings. The molecule has 154 valence electrons. The predicted molar refractivity (Wildman–Crippen MR) is 127 cm³/mol. The molecule has 0 spiro atoms. The molecule has 4 rings (SSSR count). The molecule has 0 aromatic heterocycles. The molecule has 0 saturated heterocycles. The lowest BCUT2D eigenvalue weighted by atomic mass is 10.1. The number of halogens is 2. The van der Waals surface area contributed by atoms with Crippen molar-refractivity contribution in [1.82, 2.24) is 5.32 Å². The highest BCUT2D eigenvalue weighted by Gasteiger charge is 2.36. The van der Waals surface area contributed by atoms with Crippen LogP contribution in [0.3, 0.4) is 0 Å². The van der Waals surface area contributed by atoms with Crippen LogP contribution in [0, 0.1) is 0 Å². The minimum absolute atomic E-state index is 0.0422. The molecule has 0 radical (unpaired) electrons. The number of hydrogen-bond acceptors (Lipinski definition) is 4. The lowest BCUT2D eigenvalue weighted by molar-refractivity contribution is 0.0924. The normalized spacial score (nSPS) is 12.5. The van der Waals surface area contributed by atoms with Crippen molar-refractivity contribution in [3.05, 3.63) is 92.9 Å². The van der Waals surface area contributed by atoms with E-state index in [2.05, 4.69) is 26.6 Å². The van der Waals surface area contributed by atoms with Gasteiger partial charge in [0.25, 0.3) is 17.7 Å². The number of rotatable bonds is 3. The van der Waals surface area contributed by atoms with Gasteiger partial charge >= 0.3 is 0 Å². The third-order valence-electron chi connectivity index (χ3n) is 4.56. The molecular formula is C22H13BrClN3O3S. The molecule has 0 unspecified atom stereocenters. The molecule has 0 bridgehead atoms. The minimum Gasteiger partial charge on any atom is -0.332 e. The summed E-state index contributed by atoms with van der Waals surface area (Å²) < 4.78 is 0.703. The predicted octanol–water partition coefficient (Wildman–Crippen LogP) is 5.03. The number of carbonyl (C=O) groups excluding carboxylic acids is 3. The summed E-state index contributed by atoms with van der Waals surface area (Å²) in [6.07, 6.45) is 0. The molecule has 31 heavy (non-hydrogen) atoms. The Morgan fingerprint density at radius 1 is 0.935 bits per heavy atom.